The van der Waals surface area contributed by atoms with Crippen molar-refractivity contribution in [3.8, 4) is 11.4 Å². The highest BCUT2D eigenvalue weighted by atomic mass is 32.2. The summed E-state index contributed by atoms with van der Waals surface area (Å²) in [5.41, 5.74) is 2.84. The van der Waals surface area contributed by atoms with Crippen LogP contribution in [0.3, 0.4) is 0 Å². The van der Waals surface area contributed by atoms with E-state index in [-0.39, 0.29) is 18.0 Å². The highest BCUT2D eigenvalue weighted by Crippen LogP contribution is 2.32. The number of rotatable bonds is 4. The molecule has 0 amide bonds. The molecule has 2 unspecified atom stereocenters. The van der Waals surface area contributed by atoms with E-state index in [0.29, 0.717) is 25.3 Å². The van der Waals surface area contributed by atoms with Crippen molar-refractivity contribution in [2.45, 2.75) is 45.9 Å². The monoisotopic (exact) mass is 416 g/mol. The highest BCUT2D eigenvalue weighted by Gasteiger charge is 2.32. The molecular weight excluding hydrogens is 388 g/mol. The zero-order valence-corrected chi connectivity index (χ0v) is 18.0. The van der Waals surface area contributed by atoms with Gasteiger partial charge in [-0.2, -0.15) is 4.31 Å². The lowest BCUT2D eigenvalue weighted by Crippen LogP contribution is -2.47. The van der Waals surface area contributed by atoms with Gasteiger partial charge < -0.3 is 9.64 Å². The molecule has 1 saturated heterocycles. The Morgan fingerprint density at radius 3 is 2.45 bits per heavy atom. The van der Waals surface area contributed by atoms with Crippen molar-refractivity contribution in [1.82, 2.24) is 14.3 Å². The molecular formula is C21H28N4O3S. The molecule has 0 spiro atoms. The van der Waals surface area contributed by atoms with Gasteiger partial charge in [-0.25, -0.2) is 18.4 Å². The summed E-state index contributed by atoms with van der Waals surface area (Å²) in [4.78, 5) is 12.0. The Morgan fingerprint density at radius 1 is 1.10 bits per heavy atom. The summed E-state index contributed by atoms with van der Waals surface area (Å²) in [7, 11) is -3.26. The van der Waals surface area contributed by atoms with Crippen LogP contribution in [0.4, 0.5) is 5.82 Å². The van der Waals surface area contributed by atoms with Gasteiger partial charge in [0.25, 0.3) is 0 Å². The predicted molar refractivity (Wildman–Crippen MR) is 113 cm³/mol. The number of nitrogens with zero attached hydrogens (tertiary/aromatic N) is 4. The van der Waals surface area contributed by atoms with E-state index in [1.807, 2.05) is 30.3 Å². The van der Waals surface area contributed by atoms with Crippen molar-refractivity contribution in [3.05, 3.63) is 41.6 Å². The van der Waals surface area contributed by atoms with E-state index in [1.54, 1.807) is 11.2 Å². The molecule has 0 radical (unpaired) electrons. The van der Waals surface area contributed by atoms with Crippen LogP contribution in [0.25, 0.3) is 11.4 Å². The molecule has 1 aromatic carbocycles. The topological polar surface area (TPSA) is 75.6 Å². The first-order valence-corrected chi connectivity index (χ1v) is 11.8. The van der Waals surface area contributed by atoms with Crippen LogP contribution < -0.4 is 4.90 Å². The third-order valence-corrected chi connectivity index (χ3v) is 7.34. The summed E-state index contributed by atoms with van der Waals surface area (Å²) in [6.45, 7) is 8.04. The highest BCUT2D eigenvalue weighted by molar-refractivity contribution is 7.89. The maximum atomic E-state index is 12.5. The van der Waals surface area contributed by atoms with Crippen LogP contribution in [0.5, 0.6) is 0 Å². The van der Waals surface area contributed by atoms with E-state index in [4.69, 9.17) is 14.7 Å². The van der Waals surface area contributed by atoms with Crippen molar-refractivity contribution >= 4 is 15.8 Å². The Morgan fingerprint density at radius 2 is 1.79 bits per heavy atom. The first-order chi connectivity index (χ1) is 13.9. The first-order valence-electron chi connectivity index (χ1n) is 10.2. The predicted octanol–water partition coefficient (Wildman–Crippen LogP) is 2.47. The molecule has 1 aromatic heterocycles. The molecule has 7 nitrogen and oxygen atoms in total. The van der Waals surface area contributed by atoms with Crippen molar-refractivity contribution in [2.24, 2.45) is 0 Å². The molecule has 2 aromatic rings. The van der Waals surface area contributed by atoms with Crippen molar-refractivity contribution in [1.29, 1.82) is 0 Å². The SMILES string of the molecule is CCS(=O)(=O)N1CCc2nc(-c3ccccc3)nc(N3CC(C)OC(C)C3)c2C1. The van der Waals surface area contributed by atoms with Gasteiger partial charge >= 0.3 is 0 Å². The van der Waals surface area contributed by atoms with Gasteiger partial charge in [-0.05, 0) is 20.8 Å². The second-order valence-corrected chi connectivity index (χ2v) is 10.1. The number of sulfonamides is 1. The van der Waals surface area contributed by atoms with Crippen molar-refractivity contribution in [3.63, 3.8) is 0 Å². The number of fused-ring (bicyclic) bond motifs is 1. The Balaban J connectivity index is 1.80. The Hall–Kier alpha value is -2.03. The number of morpholine rings is 1. The summed E-state index contributed by atoms with van der Waals surface area (Å²) in [5, 5.41) is 0. The van der Waals surface area contributed by atoms with Gasteiger partial charge in [0, 0.05) is 43.7 Å². The minimum Gasteiger partial charge on any atom is -0.372 e. The molecule has 156 valence electrons. The Bertz CT molecular complexity index is 971. The fourth-order valence-corrected chi connectivity index (χ4v) is 5.18. The second kappa shape index (κ2) is 8.01. The zero-order valence-electron chi connectivity index (χ0n) is 17.2. The minimum absolute atomic E-state index is 0.0867. The van der Waals surface area contributed by atoms with Gasteiger partial charge in [0.05, 0.1) is 23.7 Å². The number of hydrogen-bond acceptors (Lipinski definition) is 6. The smallest absolute Gasteiger partial charge is 0.214 e. The summed E-state index contributed by atoms with van der Waals surface area (Å²) in [6, 6.07) is 9.94. The number of anilines is 1. The molecule has 0 saturated carbocycles. The lowest BCUT2D eigenvalue weighted by molar-refractivity contribution is -0.00555. The summed E-state index contributed by atoms with van der Waals surface area (Å²) >= 11 is 0. The zero-order chi connectivity index (χ0) is 20.6. The lowest BCUT2D eigenvalue weighted by atomic mass is 10.1. The molecule has 2 atom stereocenters. The average Bonchev–Trinajstić information content (AvgIpc) is 2.72. The third-order valence-electron chi connectivity index (χ3n) is 5.51. The maximum absolute atomic E-state index is 12.5. The van der Waals surface area contributed by atoms with Gasteiger partial charge in [0.2, 0.25) is 10.0 Å². The van der Waals surface area contributed by atoms with E-state index >= 15 is 0 Å². The fraction of sp³-hybridized carbons (Fsp3) is 0.524. The molecule has 2 aliphatic heterocycles. The molecule has 0 bridgehead atoms. The van der Waals surface area contributed by atoms with Crippen LogP contribution >= 0.6 is 0 Å². The molecule has 2 aliphatic rings. The quantitative estimate of drug-likeness (QED) is 0.762. The van der Waals surface area contributed by atoms with E-state index in [0.717, 1.165) is 35.7 Å². The van der Waals surface area contributed by atoms with Crippen molar-refractivity contribution < 1.29 is 13.2 Å². The van der Waals surface area contributed by atoms with Crippen LogP contribution in [0.2, 0.25) is 0 Å². The molecule has 0 aliphatic carbocycles. The molecule has 29 heavy (non-hydrogen) atoms. The molecule has 4 rings (SSSR count). The normalized spacial score (nSPS) is 23.1. The van der Waals surface area contributed by atoms with E-state index in [2.05, 4.69) is 18.7 Å². The van der Waals surface area contributed by atoms with Gasteiger partial charge in [-0.15, -0.1) is 0 Å². The summed E-state index contributed by atoms with van der Waals surface area (Å²) in [5.74, 6) is 1.64. The molecule has 8 heteroatoms. The molecule has 3 heterocycles. The molecule has 0 N–H and O–H groups in total. The van der Waals surface area contributed by atoms with E-state index in [9.17, 15) is 8.42 Å². The lowest BCUT2D eigenvalue weighted by Gasteiger charge is -2.38. The number of ether oxygens (including phenoxy) is 1. The van der Waals surface area contributed by atoms with Gasteiger partial charge in [-0.1, -0.05) is 30.3 Å². The van der Waals surface area contributed by atoms with Crippen LogP contribution in [-0.4, -0.2) is 60.3 Å². The minimum atomic E-state index is -3.26. The Kier molecular flexibility index (Phi) is 5.59. The largest absolute Gasteiger partial charge is 0.372 e. The number of benzene rings is 1. The first kappa shape index (κ1) is 20.3. The second-order valence-electron chi connectivity index (χ2n) is 7.81. The maximum Gasteiger partial charge on any atom is 0.214 e. The molecule has 1 fully saturated rings. The van der Waals surface area contributed by atoms with E-state index < -0.39 is 10.0 Å². The van der Waals surface area contributed by atoms with Crippen LogP contribution in [0.15, 0.2) is 30.3 Å². The summed E-state index contributed by atoms with van der Waals surface area (Å²) < 4.78 is 32.5. The van der Waals surface area contributed by atoms with Crippen molar-refractivity contribution in [2.75, 3.05) is 30.3 Å². The van der Waals surface area contributed by atoms with Crippen LogP contribution in [0, 0.1) is 0 Å². The average molecular weight is 417 g/mol. The van der Waals surface area contributed by atoms with Gasteiger partial charge in [0.1, 0.15) is 5.82 Å². The Labute approximate surface area is 172 Å². The standard InChI is InChI=1S/C21H28N4O3S/c1-4-29(26,27)25-11-10-19-18(14-25)21(24-12-15(2)28-16(3)13-24)23-20(22-19)17-8-6-5-7-9-17/h5-9,15-16H,4,10-14H2,1-3H3. The summed E-state index contributed by atoms with van der Waals surface area (Å²) in [6.07, 6.45) is 0.770. The van der Waals surface area contributed by atoms with Gasteiger partial charge in [0.15, 0.2) is 5.82 Å². The van der Waals surface area contributed by atoms with Crippen LogP contribution in [-0.2, 0) is 27.7 Å². The number of aromatic nitrogens is 2. The van der Waals surface area contributed by atoms with Crippen LogP contribution in [0.1, 0.15) is 32.0 Å². The van der Waals surface area contributed by atoms with E-state index in [1.165, 1.54) is 0 Å². The van der Waals surface area contributed by atoms with Gasteiger partial charge in [-0.3, -0.25) is 0 Å². The third kappa shape index (κ3) is 4.15. The number of hydrogen-bond donors (Lipinski definition) is 0. The fourth-order valence-electron chi connectivity index (χ4n) is 4.12.